The minimum atomic E-state index is -0.462. The van der Waals surface area contributed by atoms with E-state index in [2.05, 4.69) is 0 Å². The van der Waals surface area contributed by atoms with Gasteiger partial charge in [0.1, 0.15) is 5.82 Å². The first-order chi connectivity index (χ1) is 8.49. The SMILES string of the molecule is CC1CCCC(C)N1C(=O)c1cc(N)cc(F)c1. The monoisotopic (exact) mass is 250 g/mol. The molecule has 0 aliphatic carbocycles. The van der Waals surface area contributed by atoms with Crippen molar-refractivity contribution in [1.82, 2.24) is 4.90 Å². The van der Waals surface area contributed by atoms with E-state index in [9.17, 15) is 9.18 Å². The van der Waals surface area contributed by atoms with Crippen LogP contribution in [0.2, 0.25) is 0 Å². The van der Waals surface area contributed by atoms with E-state index in [4.69, 9.17) is 5.73 Å². The maximum absolute atomic E-state index is 13.3. The maximum Gasteiger partial charge on any atom is 0.254 e. The number of nitrogens with two attached hydrogens (primary N) is 1. The third kappa shape index (κ3) is 2.47. The predicted octanol–water partition coefficient (Wildman–Crippen LogP) is 2.81. The second kappa shape index (κ2) is 4.96. The number of piperidine rings is 1. The van der Waals surface area contributed by atoms with E-state index in [0.29, 0.717) is 5.56 Å². The summed E-state index contributed by atoms with van der Waals surface area (Å²) in [7, 11) is 0. The van der Waals surface area contributed by atoms with Crippen LogP contribution in [0.25, 0.3) is 0 Å². The van der Waals surface area contributed by atoms with Gasteiger partial charge in [-0.1, -0.05) is 0 Å². The number of anilines is 1. The summed E-state index contributed by atoms with van der Waals surface area (Å²) in [5.74, 6) is -0.587. The summed E-state index contributed by atoms with van der Waals surface area (Å²) in [6, 6.07) is 4.42. The molecule has 0 radical (unpaired) electrons. The molecule has 1 heterocycles. The Hall–Kier alpha value is -1.58. The van der Waals surface area contributed by atoms with Crippen LogP contribution in [-0.2, 0) is 0 Å². The molecular weight excluding hydrogens is 231 g/mol. The van der Waals surface area contributed by atoms with Crippen LogP contribution in [0.1, 0.15) is 43.5 Å². The zero-order valence-corrected chi connectivity index (χ0v) is 10.8. The second-order valence-corrected chi connectivity index (χ2v) is 5.11. The Balaban J connectivity index is 2.29. The molecule has 0 aromatic heterocycles. The Morgan fingerprint density at radius 1 is 1.28 bits per heavy atom. The van der Waals surface area contributed by atoms with Crippen LogP contribution in [0.15, 0.2) is 18.2 Å². The predicted molar refractivity (Wildman–Crippen MR) is 69.8 cm³/mol. The third-order valence-electron chi connectivity index (χ3n) is 3.60. The number of nitrogens with zero attached hydrogens (tertiary/aromatic N) is 1. The molecule has 2 rings (SSSR count). The standard InChI is InChI=1S/C14H19FN2O/c1-9-4-3-5-10(2)17(9)14(18)11-6-12(15)8-13(16)7-11/h6-10H,3-5,16H2,1-2H3. The lowest BCUT2D eigenvalue weighted by Crippen LogP contribution is -2.47. The highest BCUT2D eigenvalue weighted by molar-refractivity contribution is 5.95. The largest absolute Gasteiger partial charge is 0.399 e. The molecule has 1 amide bonds. The van der Waals surface area contributed by atoms with Gasteiger partial charge in [0.05, 0.1) is 0 Å². The molecule has 0 saturated carbocycles. The second-order valence-electron chi connectivity index (χ2n) is 5.11. The van der Waals surface area contributed by atoms with Gasteiger partial charge in [0.2, 0.25) is 0 Å². The van der Waals surface area contributed by atoms with Crippen molar-refractivity contribution in [1.29, 1.82) is 0 Å². The van der Waals surface area contributed by atoms with Crippen molar-refractivity contribution in [3.05, 3.63) is 29.6 Å². The molecule has 3 nitrogen and oxygen atoms in total. The zero-order valence-electron chi connectivity index (χ0n) is 10.8. The Morgan fingerprint density at radius 3 is 2.44 bits per heavy atom. The maximum atomic E-state index is 13.3. The van der Waals surface area contributed by atoms with Gasteiger partial charge in [-0.25, -0.2) is 4.39 Å². The molecule has 0 bridgehead atoms. The van der Waals surface area contributed by atoms with Gasteiger partial charge in [-0.3, -0.25) is 4.79 Å². The van der Waals surface area contributed by atoms with Crippen LogP contribution in [0.4, 0.5) is 10.1 Å². The van der Waals surface area contributed by atoms with Gasteiger partial charge in [0.25, 0.3) is 5.91 Å². The first-order valence-corrected chi connectivity index (χ1v) is 6.38. The zero-order chi connectivity index (χ0) is 13.3. The van der Waals surface area contributed by atoms with E-state index in [1.807, 2.05) is 18.7 Å². The number of carbonyl (C=O) groups is 1. The molecule has 1 saturated heterocycles. The van der Waals surface area contributed by atoms with Gasteiger partial charge in [-0.05, 0) is 51.3 Å². The van der Waals surface area contributed by atoms with E-state index in [0.717, 1.165) is 19.3 Å². The highest BCUT2D eigenvalue weighted by Crippen LogP contribution is 2.25. The van der Waals surface area contributed by atoms with Crippen LogP contribution in [-0.4, -0.2) is 22.9 Å². The van der Waals surface area contributed by atoms with Crippen LogP contribution in [0.5, 0.6) is 0 Å². The normalized spacial score (nSPS) is 24.1. The third-order valence-corrected chi connectivity index (χ3v) is 3.60. The number of nitrogen functional groups attached to an aromatic ring is 1. The number of carbonyl (C=O) groups excluding carboxylic acids is 1. The van der Waals surface area contributed by atoms with Gasteiger partial charge >= 0.3 is 0 Å². The van der Waals surface area contributed by atoms with Crippen molar-refractivity contribution in [3.63, 3.8) is 0 Å². The Morgan fingerprint density at radius 2 is 1.89 bits per heavy atom. The van der Waals surface area contributed by atoms with E-state index < -0.39 is 5.82 Å². The molecule has 18 heavy (non-hydrogen) atoms. The van der Waals surface area contributed by atoms with E-state index >= 15 is 0 Å². The Bertz CT molecular complexity index is 431. The minimum absolute atomic E-state index is 0.124. The fraction of sp³-hybridized carbons (Fsp3) is 0.500. The summed E-state index contributed by atoms with van der Waals surface area (Å²) in [6.45, 7) is 4.08. The lowest BCUT2D eigenvalue weighted by Gasteiger charge is -2.39. The number of rotatable bonds is 1. The number of hydrogen-bond acceptors (Lipinski definition) is 2. The molecule has 0 spiro atoms. The number of amides is 1. The minimum Gasteiger partial charge on any atom is -0.399 e. The molecule has 2 atom stereocenters. The highest BCUT2D eigenvalue weighted by atomic mass is 19.1. The van der Waals surface area contributed by atoms with Crippen LogP contribution < -0.4 is 5.73 Å². The molecule has 2 N–H and O–H groups in total. The van der Waals surface area contributed by atoms with Crippen LogP contribution in [0, 0.1) is 5.82 Å². The Labute approximate surface area is 107 Å². The van der Waals surface area contributed by atoms with Gasteiger partial charge in [-0.2, -0.15) is 0 Å². The first kappa shape index (κ1) is 12.9. The van der Waals surface area contributed by atoms with Crippen LogP contribution >= 0.6 is 0 Å². The summed E-state index contributed by atoms with van der Waals surface area (Å²) < 4.78 is 13.3. The number of likely N-dealkylation sites (tertiary alicyclic amines) is 1. The van der Waals surface area contributed by atoms with E-state index in [1.165, 1.54) is 12.1 Å². The van der Waals surface area contributed by atoms with Gasteiger partial charge in [0.15, 0.2) is 0 Å². The fourth-order valence-corrected chi connectivity index (χ4v) is 2.71. The number of benzene rings is 1. The number of halogens is 1. The highest BCUT2D eigenvalue weighted by Gasteiger charge is 2.29. The van der Waals surface area contributed by atoms with Crippen molar-refractivity contribution < 1.29 is 9.18 Å². The topological polar surface area (TPSA) is 46.3 Å². The smallest absolute Gasteiger partial charge is 0.254 e. The fourth-order valence-electron chi connectivity index (χ4n) is 2.71. The molecule has 1 aromatic carbocycles. The summed E-state index contributed by atoms with van der Waals surface area (Å²) >= 11 is 0. The number of hydrogen-bond donors (Lipinski definition) is 1. The molecule has 1 aliphatic rings. The van der Waals surface area contributed by atoms with Crippen molar-refractivity contribution in [2.75, 3.05) is 5.73 Å². The molecule has 4 heteroatoms. The lowest BCUT2D eigenvalue weighted by molar-refractivity contribution is 0.0510. The van der Waals surface area contributed by atoms with Crippen molar-refractivity contribution in [3.8, 4) is 0 Å². The van der Waals surface area contributed by atoms with Crippen LogP contribution in [0.3, 0.4) is 0 Å². The molecule has 98 valence electrons. The summed E-state index contributed by atoms with van der Waals surface area (Å²) in [4.78, 5) is 14.3. The average molecular weight is 250 g/mol. The molecule has 2 unspecified atom stereocenters. The summed E-state index contributed by atoms with van der Waals surface area (Å²) in [6.07, 6.45) is 3.14. The van der Waals surface area contributed by atoms with Gasteiger partial charge in [-0.15, -0.1) is 0 Å². The van der Waals surface area contributed by atoms with Crippen molar-refractivity contribution in [2.45, 2.75) is 45.2 Å². The molecule has 1 aliphatic heterocycles. The van der Waals surface area contributed by atoms with Gasteiger partial charge < -0.3 is 10.6 Å². The average Bonchev–Trinajstić information content (AvgIpc) is 2.27. The van der Waals surface area contributed by atoms with Crippen molar-refractivity contribution in [2.24, 2.45) is 0 Å². The van der Waals surface area contributed by atoms with E-state index in [-0.39, 0.29) is 23.7 Å². The lowest BCUT2D eigenvalue weighted by atomic mass is 9.96. The molecule has 1 aromatic rings. The quantitative estimate of drug-likeness (QED) is 0.779. The first-order valence-electron chi connectivity index (χ1n) is 6.38. The molecular formula is C14H19FN2O. The molecule has 1 fully saturated rings. The van der Waals surface area contributed by atoms with Crippen molar-refractivity contribution >= 4 is 11.6 Å². The van der Waals surface area contributed by atoms with E-state index in [1.54, 1.807) is 6.07 Å². The Kier molecular flexibility index (Phi) is 3.55. The summed E-state index contributed by atoms with van der Waals surface area (Å²) in [5, 5.41) is 0. The van der Waals surface area contributed by atoms with Gasteiger partial charge in [0, 0.05) is 23.3 Å². The summed E-state index contributed by atoms with van der Waals surface area (Å²) in [5.41, 5.74) is 6.21.